The van der Waals surface area contributed by atoms with Gasteiger partial charge in [-0.2, -0.15) is 0 Å². The molecule has 0 aliphatic rings. The molecule has 1 aromatic carbocycles. The van der Waals surface area contributed by atoms with E-state index in [0.29, 0.717) is 0 Å². The third kappa shape index (κ3) is 4.22. The summed E-state index contributed by atoms with van der Waals surface area (Å²) in [5, 5.41) is 0. The number of hydrogen-bond acceptors (Lipinski definition) is 5. The van der Waals surface area contributed by atoms with Crippen LogP contribution in [-0.2, 0) is 18.4 Å². The van der Waals surface area contributed by atoms with Crippen molar-refractivity contribution in [1.29, 1.82) is 0 Å². The van der Waals surface area contributed by atoms with Gasteiger partial charge in [-0.1, -0.05) is 12.1 Å². The quantitative estimate of drug-likeness (QED) is 0.715. The summed E-state index contributed by atoms with van der Waals surface area (Å²) in [5.74, 6) is -1.09. The molecular weight excluding hydrogens is 262 g/mol. The number of ketones is 1. The smallest absolute Gasteiger partial charge is 0.337 e. The number of benzene rings is 1. The molecule has 7 heteroatoms. The summed E-state index contributed by atoms with van der Waals surface area (Å²) in [7, 11) is -1.01. The number of carbonyl (C=O) groups is 1. The Bertz CT molecular complexity index is 455. The first kappa shape index (κ1) is 14.8. The molecule has 0 aliphatic heterocycles. The molecule has 0 fully saturated rings. The van der Waals surface area contributed by atoms with Crippen LogP contribution in [0.5, 0.6) is 5.75 Å². The van der Waals surface area contributed by atoms with E-state index in [1.54, 1.807) is 6.07 Å². The Kier molecular flexibility index (Phi) is 5.47. The number of Topliss-reactive ketones (excluding diaryl/α,β-unsaturated/α-hetero) is 1. The molecule has 5 nitrogen and oxygen atoms in total. The minimum atomic E-state index is -3.39. The van der Waals surface area contributed by atoms with Crippen molar-refractivity contribution in [3.63, 3.8) is 0 Å². The predicted octanol–water partition coefficient (Wildman–Crippen LogP) is 2.26. The maximum Gasteiger partial charge on any atom is 0.337 e. The van der Waals surface area contributed by atoms with Gasteiger partial charge in [0.05, 0.1) is 0 Å². The summed E-state index contributed by atoms with van der Waals surface area (Å²) < 4.78 is 39.0. The van der Waals surface area contributed by atoms with Crippen molar-refractivity contribution in [3.05, 3.63) is 30.1 Å². The van der Waals surface area contributed by atoms with E-state index in [4.69, 9.17) is 4.74 Å². The number of rotatable bonds is 7. The first-order chi connectivity index (χ1) is 8.50. The zero-order valence-electron chi connectivity index (χ0n) is 10.1. The lowest BCUT2D eigenvalue weighted by Gasteiger charge is -2.12. The minimum absolute atomic E-state index is 0.0319. The van der Waals surface area contributed by atoms with Gasteiger partial charge in [-0.15, -0.1) is 0 Å². The molecule has 0 atom stereocenters. The van der Waals surface area contributed by atoms with Crippen LogP contribution in [0.3, 0.4) is 0 Å². The van der Waals surface area contributed by atoms with Crippen LogP contribution in [-0.4, -0.2) is 32.8 Å². The highest BCUT2D eigenvalue weighted by Crippen LogP contribution is 2.45. The van der Waals surface area contributed by atoms with Gasteiger partial charge in [0.25, 0.3) is 0 Å². The van der Waals surface area contributed by atoms with Gasteiger partial charge in [0.1, 0.15) is 12.8 Å². The average Bonchev–Trinajstić information content (AvgIpc) is 2.37. The molecule has 0 bridgehead atoms. The van der Waals surface area contributed by atoms with E-state index < -0.39 is 32.0 Å². The minimum Gasteiger partial charge on any atom is -0.483 e. The fourth-order valence-corrected chi connectivity index (χ4v) is 2.12. The third-order valence-corrected chi connectivity index (χ3v) is 4.00. The zero-order chi connectivity index (χ0) is 13.6. The molecule has 0 heterocycles. The highest BCUT2D eigenvalue weighted by Gasteiger charge is 2.25. The topological polar surface area (TPSA) is 61.8 Å². The molecule has 0 amide bonds. The molecular formula is C11H14FO5P. The number of ether oxygens (including phenoxy) is 1. The zero-order valence-corrected chi connectivity index (χ0v) is 11.0. The molecule has 0 radical (unpaired) electrons. The molecule has 0 saturated carbocycles. The van der Waals surface area contributed by atoms with E-state index in [1.165, 1.54) is 32.4 Å². The van der Waals surface area contributed by atoms with Crippen LogP contribution in [0.25, 0.3) is 0 Å². The van der Waals surface area contributed by atoms with E-state index >= 15 is 0 Å². The first-order valence-electron chi connectivity index (χ1n) is 5.10. The van der Waals surface area contributed by atoms with Crippen LogP contribution in [0.15, 0.2) is 24.3 Å². The second kappa shape index (κ2) is 6.64. The average molecular weight is 276 g/mol. The Labute approximate surface area is 104 Å². The van der Waals surface area contributed by atoms with E-state index in [9.17, 15) is 13.8 Å². The molecule has 0 aromatic heterocycles. The molecule has 0 saturated heterocycles. The SMILES string of the molecule is COP(=O)(CC(=O)COc1ccccc1F)OC. The van der Waals surface area contributed by atoms with E-state index in [-0.39, 0.29) is 5.75 Å². The van der Waals surface area contributed by atoms with Gasteiger partial charge in [0.2, 0.25) is 0 Å². The standard InChI is InChI=1S/C11H14FO5P/c1-15-18(14,16-2)8-9(13)7-17-11-6-4-3-5-10(11)12/h3-6H,7-8H2,1-2H3. The molecule has 18 heavy (non-hydrogen) atoms. The van der Waals surface area contributed by atoms with Crippen LogP contribution in [0.1, 0.15) is 0 Å². The summed E-state index contributed by atoms with van der Waals surface area (Å²) in [6.45, 7) is -0.391. The Balaban J connectivity index is 2.52. The summed E-state index contributed by atoms with van der Waals surface area (Å²) in [5.41, 5.74) is 0. The molecule has 0 N–H and O–H groups in total. The predicted molar refractivity (Wildman–Crippen MR) is 63.4 cm³/mol. The maximum absolute atomic E-state index is 13.2. The van der Waals surface area contributed by atoms with Crippen LogP contribution in [0.4, 0.5) is 4.39 Å². The Hall–Kier alpha value is -1.23. The normalized spacial score (nSPS) is 11.3. The summed E-state index contributed by atoms with van der Waals surface area (Å²) in [6, 6.07) is 5.70. The Morgan fingerprint density at radius 2 is 1.89 bits per heavy atom. The van der Waals surface area contributed by atoms with Gasteiger partial charge in [-0.25, -0.2) is 4.39 Å². The van der Waals surface area contributed by atoms with Gasteiger partial charge in [0.15, 0.2) is 17.3 Å². The fraction of sp³-hybridized carbons (Fsp3) is 0.364. The Morgan fingerprint density at radius 1 is 1.28 bits per heavy atom. The van der Waals surface area contributed by atoms with Gasteiger partial charge >= 0.3 is 7.60 Å². The number of hydrogen-bond donors (Lipinski definition) is 0. The van der Waals surface area contributed by atoms with Crippen molar-refractivity contribution < 1.29 is 27.5 Å². The van der Waals surface area contributed by atoms with Gasteiger partial charge < -0.3 is 13.8 Å². The summed E-state index contributed by atoms with van der Waals surface area (Å²) in [6.07, 6.45) is -0.408. The van der Waals surface area contributed by atoms with Crippen molar-refractivity contribution in [3.8, 4) is 5.75 Å². The second-order valence-electron chi connectivity index (χ2n) is 3.39. The highest BCUT2D eigenvalue weighted by atomic mass is 31.2. The number of para-hydroxylation sites is 1. The highest BCUT2D eigenvalue weighted by molar-refractivity contribution is 7.54. The Morgan fingerprint density at radius 3 is 2.44 bits per heavy atom. The monoisotopic (exact) mass is 276 g/mol. The molecule has 0 unspecified atom stereocenters. The van der Waals surface area contributed by atoms with E-state index in [2.05, 4.69) is 9.05 Å². The van der Waals surface area contributed by atoms with Gasteiger partial charge in [-0.05, 0) is 12.1 Å². The van der Waals surface area contributed by atoms with Crippen molar-refractivity contribution in [2.75, 3.05) is 27.0 Å². The van der Waals surface area contributed by atoms with Crippen molar-refractivity contribution in [2.45, 2.75) is 0 Å². The lowest BCUT2D eigenvalue weighted by atomic mass is 10.3. The second-order valence-corrected chi connectivity index (χ2v) is 5.66. The number of halogens is 1. The molecule has 0 spiro atoms. The van der Waals surface area contributed by atoms with E-state index in [0.717, 1.165) is 0 Å². The lowest BCUT2D eigenvalue weighted by Crippen LogP contribution is -2.17. The third-order valence-electron chi connectivity index (χ3n) is 2.15. The summed E-state index contributed by atoms with van der Waals surface area (Å²) >= 11 is 0. The van der Waals surface area contributed by atoms with Crippen LogP contribution >= 0.6 is 7.60 Å². The van der Waals surface area contributed by atoms with Gasteiger partial charge in [0, 0.05) is 14.2 Å². The first-order valence-corrected chi connectivity index (χ1v) is 6.83. The lowest BCUT2D eigenvalue weighted by molar-refractivity contribution is -0.118. The fourth-order valence-electron chi connectivity index (χ4n) is 1.19. The van der Waals surface area contributed by atoms with E-state index in [1.807, 2.05) is 0 Å². The van der Waals surface area contributed by atoms with Crippen molar-refractivity contribution >= 4 is 13.4 Å². The van der Waals surface area contributed by atoms with Crippen molar-refractivity contribution in [2.24, 2.45) is 0 Å². The largest absolute Gasteiger partial charge is 0.483 e. The van der Waals surface area contributed by atoms with Crippen LogP contribution in [0.2, 0.25) is 0 Å². The molecule has 100 valence electrons. The molecule has 1 aromatic rings. The summed E-state index contributed by atoms with van der Waals surface area (Å²) in [4.78, 5) is 11.5. The van der Waals surface area contributed by atoms with Gasteiger partial charge in [-0.3, -0.25) is 9.36 Å². The van der Waals surface area contributed by atoms with Crippen LogP contribution in [0, 0.1) is 5.82 Å². The van der Waals surface area contributed by atoms with Crippen molar-refractivity contribution in [1.82, 2.24) is 0 Å². The molecule has 1 rings (SSSR count). The number of carbonyl (C=O) groups excluding carboxylic acids is 1. The van der Waals surface area contributed by atoms with Crippen LogP contribution < -0.4 is 4.74 Å². The molecule has 0 aliphatic carbocycles. The maximum atomic E-state index is 13.2.